The third kappa shape index (κ3) is 3.91. The largest absolute Gasteiger partial charge is 0.481 e. The first-order valence-corrected chi connectivity index (χ1v) is 13.5. The molecule has 3 aliphatic heterocycles. The lowest BCUT2D eigenvalue weighted by molar-refractivity contribution is -0.148. The van der Waals surface area contributed by atoms with E-state index in [1.807, 2.05) is 42.5 Å². The van der Waals surface area contributed by atoms with Gasteiger partial charge in [-0.2, -0.15) is 0 Å². The monoisotopic (exact) mass is 508 g/mol. The minimum atomic E-state index is -0.946. The molecule has 1 spiro atoms. The van der Waals surface area contributed by atoms with Crippen molar-refractivity contribution in [2.75, 3.05) is 24.6 Å². The Morgan fingerprint density at radius 3 is 2.67 bits per heavy atom. The Morgan fingerprint density at radius 1 is 1.17 bits per heavy atom. The normalized spacial score (nSPS) is 28.5. The Kier molecular flexibility index (Phi) is 6.83. The Balaban J connectivity index is 1.54. The van der Waals surface area contributed by atoms with Crippen molar-refractivity contribution in [3.8, 4) is 0 Å². The van der Waals surface area contributed by atoms with Gasteiger partial charge in [-0.25, -0.2) is 0 Å². The molecule has 7 nitrogen and oxygen atoms in total. The second-order valence-corrected chi connectivity index (χ2v) is 11.6. The van der Waals surface area contributed by atoms with E-state index in [-0.39, 0.29) is 30.2 Å². The first kappa shape index (κ1) is 24.8. The van der Waals surface area contributed by atoms with Gasteiger partial charge >= 0.3 is 5.97 Å². The van der Waals surface area contributed by atoms with E-state index in [2.05, 4.69) is 6.58 Å². The molecule has 5 atom stereocenters. The average molecular weight is 509 g/mol. The molecule has 2 bridgehead atoms. The predicted octanol–water partition coefficient (Wildman–Crippen LogP) is 3.70. The third-order valence-corrected chi connectivity index (χ3v) is 9.95. The second-order valence-electron chi connectivity index (χ2n) is 9.98. The Hall–Kier alpha value is -2.84. The van der Waals surface area contributed by atoms with Gasteiger partial charge in [0, 0.05) is 30.6 Å². The number of thioether (sulfide) groups is 1. The highest BCUT2D eigenvalue weighted by atomic mass is 32.2. The summed E-state index contributed by atoms with van der Waals surface area (Å²) in [5.41, 5.74) is 0.735. The molecule has 36 heavy (non-hydrogen) atoms. The zero-order valence-corrected chi connectivity index (χ0v) is 21.0. The number of rotatable bonds is 10. The standard InChI is InChI=1S/C28H32N2O5S/c1-2-14-29(20-11-10-18-8-4-5-9-19(18)17-20)26(33)24-28-13-12-21(36-28)22(27(34)35)23(28)25(32)30(24)15-6-3-7-16-31/h2,4-5,8-11,17,21-24,31H,1,3,6-7,12-16H2,(H,34,35)/t21-,22+,23+,24?,28?/m1/s1. The molecule has 3 fully saturated rings. The lowest BCUT2D eigenvalue weighted by atomic mass is 9.71. The average Bonchev–Trinajstić information content (AvgIpc) is 3.52. The number of aliphatic carboxylic acids is 1. The summed E-state index contributed by atoms with van der Waals surface area (Å²) in [5, 5.41) is 21.1. The molecule has 0 aromatic heterocycles. The molecule has 3 saturated heterocycles. The summed E-state index contributed by atoms with van der Waals surface area (Å²) in [6.45, 7) is 4.62. The van der Waals surface area contributed by atoms with Gasteiger partial charge in [-0.15, -0.1) is 18.3 Å². The minimum Gasteiger partial charge on any atom is -0.481 e. The van der Waals surface area contributed by atoms with E-state index in [1.54, 1.807) is 27.6 Å². The van der Waals surface area contributed by atoms with E-state index < -0.39 is 28.6 Å². The highest BCUT2D eigenvalue weighted by Gasteiger charge is 2.73. The van der Waals surface area contributed by atoms with E-state index in [9.17, 15) is 24.6 Å². The number of aliphatic hydroxyl groups excluding tert-OH is 1. The molecule has 2 amide bonds. The molecule has 5 rings (SSSR count). The van der Waals surface area contributed by atoms with Crippen molar-refractivity contribution in [2.45, 2.75) is 48.1 Å². The summed E-state index contributed by atoms with van der Waals surface area (Å²) in [6, 6.07) is 13.1. The molecule has 2 N–H and O–H groups in total. The molecule has 3 aliphatic rings. The SMILES string of the molecule is C=CCN(C(=O)C1N(CCCCCO)C(=O)[C@@H]2[C@@H](C(=O)O)[C@H]3CCC12S3)c1ccc2ccccc2c1. The van der Waals surface area contributed by atoms with Crippen molar-refractivity contribution < 1.29 is 24.6 Å². The zero-order chi connectivity index (χ0) is 25.4. The number of aliphatic hydroxyl groups is 1. The number of unbranched alkanes of at least 4 members (excludes halogenated alkanes) is 2. The molecular formula is C28H32N2O5S. The lowest BCUT2D eigenvalue weighted by Crippen LogP contribution is -2.55. The fourth-order valence-electron chi connectivity index (χ4n) is 6.47. The summed E-state index contributed by atoms with van der Waals surface area (Å²) < 4.78 is -0.727. The van der Waals surface area contributed by atoms with Crippen molar-refractivity contribution in [2.24, 2.45) is 11.8 Å². The Labute approximate surface area is 215 Å². The molecule has 190 valence electrons. The number of likely N-dealkylation sites (tertiary alicyclic amines) is 1. The molecular weight excluding hydrogens is 476 g/mol. The van der Waals surface area contributed by atoms with Gasteiger partial charge in [-0.1, -0.05) is 36.4 Å². The lowest BCUT2D eigenvalue weighted by Gasteiger charge is -2.37. The molecule has 0 radical (unpaired) electrons. The maximum absolute atomic E-state index is 14.4. The maximum Gasteiger partial charge on any atom is 0.308 e. The minimum absolute atomic E-state index is 0.0799. The third-order valence-electron chi connectivity index (χ3n) is 8.00. The van der Waals surface area contributed by atoms with Gasteiger partial charge in [0.1, 0.15) is 6.04 Å². The van der Waals surface area contributed by atoms with Crippen molar-refractivity contribution in [1.29, 1.82) is 0 Å². The van der Waals surface area contributed by atoms with Gasteiger partial charge in [0.05, 0.1) is 16.6 Å². The smallest absolute Gasteiger partial charge is 0.308 e. The van der Waals surface area contributed by atoms with Gasteiger partial charge in [0.2, 0.25) is 5.91 Å². The highest BCUT2D eigenvalue weighted by Crippen LogP contribution is 2.66. The van der Waals surface area contributed by atoms with E-state index >= 15 is 0 Å². The van der Waals surface area contributed by atoms with Crippen molar-refractivity contribution in [3.05, 3.63) is 55.1 Å². The number of nitrogens with zero attached hydrogens (tertiary/aromatic N) is 2. The van der Waals surface area contributed by atoms with Crippen LogP contribution in [-0.4, -0.2) is 68.6 Å². The molecule has 2 aromatic carbocycles. The van der Waals surface area contributed by atoms with Crippen LogP contribution in [0.1, 0.15) is 32.1 Å². The van der Waals surface area contributed by atoms with Crippen LogP contribution in [0.3, 0.4) is 0 Å². The fraction of sp³-hybridized carbons (Fsp3) is 0.464. The van der Waals surface area contributed by atoms with Crippen LogP contribution >= 0.6 is 11.8 Å². The van der Waals surface area contributed by atoms with Gasteiger partial charge < -0.3 is 20.0 Å². The van der Waals surface area contributed by atoms with Crippen molar-refractivity contribution in [1.82, 2.24) is 4.90 Å². The van der Waals surface area contributed by atoms with Gasteiger partial charge in [0.15, 0.2) is 0 Å². The van der Waals surface area contributed by atoms with Crippen LogP contribution in [0, 0.1) is 11.8 Å². The predicted molar refractivity (Wildman–Crippen MR) is 141 cm³/mol. The highest BCUT2D eigenvalue weighted by molar-refractivity contribution is 8.02. The molecule has 2 unspecified atom stereocenters. The summed E-state index contributed by atoms with van der Waals surface area (Å²) in [6.07, 6.45) is 5.06. The Bertz CT molecular complexity index is 1200. The van der Waals surface area contributed by atoms with E-state index in [0.717, 1.165) is 22.9 Å². The van der Waals surface area contributed by atoms with Crippen LogP contribution in [0.15, 0.2) is 55.1 Å². The molecule has 2 aromatic rings. The number of carbonyl (C=O) groups is 3. The number of carboxylic acid groups (broad SMARTS) is 1. The van der Waals surface area contributed by atoms with Gasteiger partial charge in [-0.05, 0) is 55.0 Å². The summed E-state index contributed by atoms with van der Waals surface area (Å²) in [7, 11) is 0. The van der Waals surface area contributed by atoms with Gasteiger partial charge in [0.25, 0.3) is 5.91 Å². The first-order chi connectivity index (χ1) is 17.4. The Morgan fingerprint density at radius 2 is 1.94 bits per heavy atom. The van der Waals surface area contributed by atoms with Crippen LogP contribution in [-0.2, 0) is 14.4 Å². The number of carbonyl (C=O) groups excluding carboxylic acids is 2. The van der Waals surface area contributed by atoms with Crippen molar-refractivity contribution in [3.63, 3.8) is 0 Å². The molecule has 0 saturated carbocycles. The zero-order valence-electron chi connectivity index (χ0n) is 20.2. The van der Waals surface area contributed by atoms with Crippen LogP contribution in [0.5, 0.6) is 0 Å². The number of hydrogen-bond acceptors (Lipinski definition) is 5. The van der Waals surface area contributed by atoms with Crippen LogP contribution in [0.4, 0.5) is 5.69 Å². The number of benzene rings is 2. The number of anilines is 1. The van der Waals surface area contributed by atoms with E-state index in [4.69, 9.17) is 0 Å². The van der Waals surface area contributed by atoms with Crippen LogP contribution in [0.25, 0.3) is 10.8 Å². The first-order valence-electron chi connectivity index (χ1n) is 12.7. The summed E-state index contributed by atoms with van der Waals surface area (Å²) >= 11 is 1.55. The van der Waals surface area contributed by atoms with Crippen LogP contribution in [0.2, 0.25) is 0 Å². The summed E-state index contributed by atoms with van der Waals surface area (Å²) in [5.74, 6) is -2.78. The maximum atomic E-state index is 14.4. The number of fused-ring (bicyclic) bond motifs is 2. The van der Waals surface area contributed by atoms with E-state index in [0.29, 0.717) is 32.2 Å². The quantitative estimate of drug-likeness (QED) is 0.375. The van der Waals surface area contributed by atoms with Crippen molar-refractivity contribution >= 4 is 46.0 Å². The number of carboxylic acids is 1. The number of hydrogen-bond donors (Lipinski definition) is 2. The van der Waals surface area contributed by atoms with Crippen LogP contribution < -0.4 is 4.90 Å². The van der Waals surface area contributed by atoms with E-state index in [1.165, 1.54) is 0 Å². The molecule has 3 heterocycles. The molecule has 8 heteroatoms. The van der Waals surface area contributed by atoms with Gasteiger partial charge in [-0.3, -0.25) is 14.4 Å². The fourth-order valence-corrected chi connectivity index (χ4v) is 8.68. The number of amides is 2. The molecule has 0 aliphatic carbocycles. The summed E-state index contributed by atoms with van der Waals surface area (Å²) in [4.78, 5) is 43.7. The topological polar surface area (TPSA) is 98.2 Å². The second kappa shape index (κ2) is 9.90.